The summed E-state index contributed by atoms with van der Waals surface area (Å²) in [7, 11) is -0.249. The van der Waals surface area contributed by atoms with E-state index in [2.05, 4.69) is 0 Å². The fourth-order valence-corrected chi connectivity index (χ4v) is 2.25. The lowest BCUT2D eigenvalue weighted by atomic mass is 10.3. The first kappa shape index (κ1) is 12.8. The summed E-state index contributed by atoms with van der Waals surface area (Å²) in [5.41, 5.74) is 5.84. The van der Waals surface area contributed by atoms with Gasteiger partial charge >= 0.3 is 0 Å². The van der Waals surface area contributed by atoms with Gasteiger partial charge < -0.3 is 10.5 Å². The summed E-state index contributed by atoms with van der Waals surface area (Å²) < 4.78 is 29.6. The molecule has 0 atom stereocenters. The lowest BCUT2D eigenvalue weighted by Gasteiger charge is -2.19. The minimum Gasteiger partial charge on any atom is -0.497 e. The Morgan fingerprint density at radius 2 is 1.88 bits per heavy atom. The lowest BCUT2D eigenvalue weighted by Crippen LogP contribution is -2.31. The second-order valence-corrected chi connectivity index (χ2v) is 5.39. The molecule has 0 aliphatic heterocycles. The number of ether oxygens (including phenoxy) is 1. The van der Waals surface area contributed by atoms with Gasteiger partial charge in [0, 0.05) is 13.6 Å². The first-order valence-electron chi connectivity index (χ1n) is 4.82. The van der Waals surface area contributed by atoms with Gasteiger partial charge in [-0.15, -0.1) is 0 Å². The van der Waals surface area contributed by atoms with Gasteiger partial charge in [0.2, 0.25) is 10.0 Å². The van der Waals surface area contributed by atoms with Gasteiger partial charge in [-0.2, -0.15) is 0 Å². The molecule has 0 aliphatic carbocycles. The van der Waals surface area contributed by atoms with Gasteiger partial charge in [0.1, 0.15) is 5.75 Å². The summed E-state index contributed by atoms with van der Waals surface area (Å²) >= 11 is 0. The summed E-state index contributed by atoms with van der Waals surface area (Å²) in [5.74, 6) is 0.628. The molecule has 0 aliphatic rings. The first-order valence-corrected chi connectivity index (χ1v) is 6.43. The van der Waals surface area contributed by atoms with Crippen LogP contribution in [0, 0.1) is 0 Å². The molecule has 0 heterocycles. The highest BCUT2D eigenvalue weighted by Gasteiger charge is 2.16. The van der Waals surface area contributed by atoms with Crippen molar-refractivity contribution in [3.63, 3.8) is 0 Å². The van der Waals surface area contributed by atoms with E-state index in [9.17, 15) is 8.42 Å². The van der Waals surface area contributed by atoms with E-state index in [1.165, 1.54) is 11.4 Å². The number of rotatable bonds is 5. The third-order valence-electron chi connectivity index (χ3n) is 2.23. The van der Waals surface area contributed by atoms with Crippen LogP contribution in [-0.2, 0) is 10.0 Å². The summed E-state index contributed by atoms with van der Waals surface area (Å²) in [6.07, 6.45) is 0. The van der Waals surface area contributed by atoms with Gasteiger partial charge in [-0.05, 0) is 24.3 Å². The predicted octanol–water partition coefficient (Wildman–Crippen LogP) is 0.420. The zero-order chi connectivity index (χ0) is 12.2. The van der Waals surface area contributed by atoms with E-state index < -0.39 is 10.0 Å². The molecule has 0 saturated heterocycles. The van der Waals surface area contributed by atoms with E-state index in [-0.39, 0.29) is 12.3 Å². The Morgan fingerprint density at radius 3 is 2.31 bits per heavy atom. The van der Waals surface area contributed by atoms with E-state index in [1.807, 2.05) is 0 Å². The third-order valence-corrected chi connectivity index (χ3v) is 4.03. The number of benzene rings is 1. The highest BCUT2D eigenvalue weighted by Crippen LogP contribution is 2.20. The van der Waals surface area contributed by atoms with E-state index in [0.29, 0.717) is 11.4 Å². The van der Waals surface area contributed by atoms with Crippen LogP contribution >= 0.6 is 0 Å². The number of methoxy groups -OCH3 is 1. The minimum absolute atomic E-state index is 0.0600. The molecule has 5 nitrogen and oxygen atoms in total. The molecule has 0 amide bonds. The molecule has 1 rings (SSSR count). The molecule has 0 radical (unpaired) electrons. The molecular weight excluding hydrogens is 228 g/mol. The number of nitrogens with two attached hydrogens (primary N) is 1. The van der Waals surface area contributed by atoms with Crippen LogP contribution < -0.4 is 14.8 Å². The number of nitrogens with zero attached hydrogens (tertiary/aromatic N) is 1. The molecule has 0 aromatic heterocycles. The topological polar surface area (TPSA) is 72.6 Å². The molecule has 6 heteroatoms. The molecule has 16 heavy (non-hydrogen) atoms. The number of hydrogen-bond donors (Lipinski definition) is 1. The second kappa shape index (κ2) is 5.18. The number of sulfonamides is 1. The van der Waals surface area contributed by atoms with Crippen molar-refractivity contribution in [3.8, 4) is 5.75 Å². The summed E-state index contributed by atoms with van der Waals surface area (Å²) in [5, 5.41) is 0. The zero-order valence-electron chi connectivity index (χ0n) is 9.38. The normalized spacial score (nSPS) is 11.2. The van der Waals surface area contributed by atoms with Crippen LogP contribution in [-0.4, -0.2) is 34.9 Å². The third kappa shape index (κ3) is 2.86. The minimum atomic E-state index is -3.32. The molecule has 1 aromatic carbocycles. The Kier molecular flexibility index (Phi) is 4.14. The van der Waals surface area contributed by atoms with Crippen LogP contribution in [0.2, 0.25) is 0 Å². The van der Waals surface area contributed by atoms with Gasteiger partial charge in [0.05, 0.1) is 18.6 Å². The highest BCUT2D eigenvalue weighted by molar-refractivity contribution is 7.92. The summed E-state index contributed by atoms with van der Waals surface area (Å²) in [4.78, 5) is 0. The number of anilines is 1. The maximum atomic E-state index is 11.7. The van der Waals surface area contributed by atoms with Crippen LogP contribution in [0.15, 0.2) is 24.3 Å². The lowest BCUT2D eigenvalue weighted by molar-refractivity contribution is 0.415. The Morgan fingerprint density at radius 1 is 1.31 bits per heavy atom. The van der Waals surface area contributed by atoms with Crippen molar-refractivity contribution < 1.29 is 13.2 Å². The Bertz CT molecular complexity index is 428. The first-order chi connectivity index (χ1) is 7.51. The maximum absolute atomic E-state index is 11.7. The molecule has 0 spiro atoms. The fourth-order valence-electron chi connectivity index (χ4n) is 1.24. The van der Waals surface area contributed by atoms with Crippen LogP contribution in [0.1, 0.15) is 0 Å². The Hall–Kier alpha value is -1.27. The van der Waals surface area contributed by atoms with E-state index in [4.69, 9.17) is 10.5 Å². The molecule has 2 N–H and O–H groups in total. The van der Waals surface area contributed by atoms with Gasteiger partial charge in [-0.1, -0.05) is 0 Å². The molecule has 0 saturated carbocycles. The highest BCUT2D eigenvalue weighted by atomic mass is 32.2. The standard InChI is InChI=1S/C10H16N2O3S/c1-12(16(13,14)8-7-11)9-3-5-10(15-2)6-4-9/h3-6H,7-8,11H2,1-2H3. The largest absolute Gasteiger partial charge is 0.497 e. The maximum Gasteiger partial charge on any atom is 0.236 e. The molecular formula is C10H16N2O3S. The zero-order valence-corrected chi connectivity index (χ0v) is 10.2. The SMILES string of the molecule is COc1ccc(N(C)S(=O)(=O)CCN)cc1. The summed E-state index contributed by atoms with van der Waals surface area (Å²) in [6.45, 7) is 0.114. The van der Waals surface area contributed by atoms with Crippen molar-refractivity contribution in [2.45, 2.75) is 0 Å². The van der Waals surface area contributed by atoms with Gasteiger partial charge in [0.15, 0.2) is 0 Å². The van der Waals surface area contributed by atoms with E-state index >= 15 is 0 Å². The smallest absolute Gasteiger partial charge is 0.236 e. The summed E-state index contributed by atoms with van der Waals surface area (Å²) in [6, 6.07) is 6.80. The monoisotopic (exact) mass is 244 g/mol. The van der Waals surface area contributed by atoms with Crippen molar-refractivity contribution in [1.82, 2.24) is 0 Å². The quantitative estimate of drug-likeness (QED) is 0.814. The molecule has 0 bridgehead atoms. The van der Waals surface area contributed by atoms with Crippen LogP contribution in [0.4, 0.5) is 5.69 Å². The number of hydrogen-bond acceptors (Lipinski definition) is 4. The van der Waals surface area contributed by atoms with Crippen molar-refractivity contribution in [2.75, 3.05) is 30.8 Å². The Labute approximate surface area is 95.9 Å². The average molecular weight is 244 g/mol. The molecule has 90 valence electrons. The van der Waals surface area contributed by atoms with Crippen LogP contribution in [0.25, 0.3) is 0 Å². The van der Waals surface area contributed by atoms with Gasteiger partial charge in [-0.3, -0.25) is 4.31 Å². The van der Waals surface area contributed by atoms with Crippen LogP contribution in [0.3, 0.4) is 0 Å². The molecule has 1 aromatic rings. The molecule has 0 fully saturated rings. The van der Waals surface area contributed by atoms with Crippen molar-refractivity contribution in [2.24, 2.45) is 5.73 Å². The second-order valence-electron chi connectivity index (χ2n) is 3.27. The van der Waals surface area contributed by atoms with Crippen molar-refractivity contribution in [3.05, 3.63) is 24.3 Å². The van der Waals surface area contributed by atoms with E-state index in [1.54, 1.807) is 31.4 Å². The van der Waals surface area contributed by atoms with Crippen LogP contribution in [0.5, 0.6) is 5.75 Å². The molecule has 0 unspecified atom stereocenters. The van der Waals surface area contributed by atoms with Crippen molar-refractivity contribution in [1.29, 1.82) is 0 Å². The predicted molar refractivity (Wildman–Crippen MR) is 64.2 cm³/mol. The van der Waals surface area contributed by atoms with Gasteiger partial charge in [0.25, 0.3) is 0 Å². The van der Waals surface area contributed by atoms with E-state index in [0.717, 1.165) is 0 Å². The van der Waals surface area contributed by atoms with Crippen molar-refractivity contribution >= 4 is 15.7 Å². The van der Waals surface area contributed by atoms with Gasteiger partial charge in [-0.25, -0.2) is 8.42 Å². The Balaban J connectivity index is 2.92. The fraction of sp³-hybridized carbons (Fsp3) is 0.400. The average Bonchev–Trinajstić information content (AvgIpc) is 2.28.